The van der Waals surface area contributed by atoms with Crippen molar-refractivity contribution in [2.75, 3.05) is 11.9 Å². The van der Waals surface area contributed by atoms with E-state index in [-0.39, 0.29) is 28.9 Å². The second kappa shape index (κ2) is 6.99. The average molecular weight is 393 g/mol. The van der Waals surface area contributed by atoms with Crippen molar-refractivity contribution in [1.29, 1.82) is 0 Å². The second-order valence-corrected chi connectivity index (χ2v) is 7.51. The van der Waals surface area contributed by atoms with Crippen LogP contribution < -0.4 is 5.32 Å². The first-order valence-electron chi connectivity index (χ1n) is 9.21. The van der Waals surface area contributed by atoms with Crippen molar-refractivity contribution in [1.82, 2.24) is 14.6 Å². The average Bonchev–Trinajstić information content (AvgIpc) is 3.07. The summed E-state index contributed by atoms with van der Waals surface area (Å²) in [6.07, 6.45) is 4.16. The molecule has 3 aliphatic rings. The minimum absolute atomic E-state index is 0.00413. The lowest BCUT2D eigenvalue weighted by atomic mass is 9.61. The molecule has 0 amide bonds. The lowest BCUT2D eigenvalue weighted by Crippen LogP contribution is -2.52. The molecule has 2 aromatic heterocycles. The molecule has 0 unspecified atom stereocenters. The maximum Gasteiger partial charge on any atom is 0.354 e. The van der Waals surface area contributed by atoms with Crippen LogP contribution in [0.1, 0.15) is 43.1 Å². The van der Waals surface area contributed by atoms with Crippen LogP contribution >= 0.6 is 11.6 Å². The predicted molar refractivity (Wildman–Crippen MR) is 97.9 cm³/mol. The zero-order valence-corrected chi connectivity index (χ0v) is 15.6. The fourth-order valence-electron chi connectivity index (χ4n) is 4.63. The molecule has 3 saturated carbocycles. The van der Waals surface area contributed by atoms with Crippen LogP contribution in [0, 0.1) is 17.8 Å². The molecule has 144 valence electrons. The van der Waals surface area contributed by atoms with E-state index in [9.17, 15) is 14.7 Å². The normalized spacial score (nSPS) is 26.9. The first-order valence-corrected chi connectivity index (χ1v) is 9.59. The SMILES string of the molecule is CCOC(=O)[C@H]1[C@H]2CC[C@H](CC2)[C@@H]1Nc1nc(Cl)nn2c(C(=O)O)ccc12. The van der Waals surface area contributed by atoms with Gasteiger partial charge in [-0.25, -0.2) is 9.31 Å². The number of nitrogens with zero attached hydrogens (tertiary/aromatic N) is 3. The summed E-state index contributed by atoms with van der Waals surface area (Å²) in [5.41, 5.74) is 0.519. The fourth-order valence-corrected chi connectivity index (χ4v) is 4.79. The van der Waals surface area contributed by atoms with Crippen LogP contribution in [0.4, 0.5) is 5.82 Å². The molecule has 2 heterocycles. The second-order valence-electron chi connectivity index (χ2n) is 7.17. The van der Waals surface area contributed by atoms with Crippen LogP contribution in [0.2, 0.25) is 5.28 Å². The lowest BCUT2D eigenvalue weighted by Gasteiger charge is -2.47. The van der Waals surface area contributed by atoms with Gasteiger partial charge in [0, 0.05) is 6.04 Å². The van der Waals surface area contributed by atoms with Gasteiger partial charge in [0.1, 0.15) is 5.52 Å². The zero-order chi connectivity index (χ0) is 19.1. The van der Waals surface area contributed by atoms with E-state index < -0.39 is 5.97 Å². The molecule has 8 nitrogen and oxygen atoms in total. The first kappa shape index (κ1) is 18.0. The Morgan fingerprint density at radius 3 is 2.67 bits per heavy atom. The van der Waals surface area contributed by atoms with Gasteiger partial charge in [-0.15, -0.1) is 5.10 Å². The van der Waals surface area contributed by atoms with Gasteiger partial charge in [-0.1, -0.05) is 0 Å². The van der Waals surface area contributed by atoms with Gasteiger partial charge in [0.15, 0.2) is 11.5 Å². The monoisotopic (exact) mass is 392 g/mol. The number of carbonyl (C=O) groups is 2. The Morgan fingerprint density at radius 2 is 2.00 bits per heavy atom. The summed E-state index contributed by atoms with van der Waals surface area (Å²) < 4.78 is 6.59. The molecule has 5 rings (SSSR count). The Labute approximate surface area is 160 Å². The molecule has 9 heteroatoms. The number of nitrogens with one attached hydrogen (secondary N) is 1. The third-order valence-corrected chi connectivity index (χ3v) is 5.95. The Bertz CT molecular complexity index is 891. The summed E-state index contributed by atoms with van der Waals surface area (Å²) in [4.78, 5) is 28.3. The van der Waals surface area contributed by atoms with Crippen molar-refractivity contribution in [2.24, 2.45) is 17.8 Å². The van der Waals surface area contributed by atoms with Crippen molar-refractivity contribution in [3.63, 3.8) is 0 Å². The standard InChI is InChI=1S/C18H21ClN4O4/c1-2-27-17(26)13-9-3-5-10(6-4-9)14(13)20-15-11-7-8-12(16(24)25)23(11)22-18(19)21-15/h7-10,13-14H,2-6H2,1H3,(H,24,25)(H,20,21,22)/t9-,10+,13-,14-/m0/s1. The number of rotatable bonds is 5. The quantitative estimate of drug-likeness (QED) is 0.753. The number of aromatic carboxylic acids is 1. The van der Waals surface area contributed by atoms with Crippen LogP contribution in [0.3, 0.4) is 0 Å². The van der Waals surface area contributed by atoms with Gasteiger partial charge in [-0.3, -0.25) is 4.79 Å². The van der Waals surface area contributed by atoms with E-state index >= 15 is 0 Å². The van der Waals surface area contributed by atoms with Crippen molar-refractivity contribution in [2.45, 2.75) is 38.6 Å². The van der Waals surface area contributed by atoms with Crippen molar-refractivity contribution >= 4 is 34.9 Å². The van der Waals surface area contributed by atoms with E-state index in [2.05, 4.69) is 15.4 Å². The smallest absolute Gasteiger partial charge is 0.354 e. The van der Waals surface area contributed by atoms with Gasteiger partial charge in [0.2, 0.25) is 5.28 Å². The highest BCUT2D eigenvalue weighted by atomic mass is 35.5. The number of esters is 1. The molecule has 0 aliphatic heterocycles. The van der Waals surface area contributed by atoms with Gasteiger partial charge in [0.05, 0.1) is 12.5 Å². The largest absolute Gasteiger partial charge is 0.477 e. The molecule has 0 spiro atoms. The third kappa shape index (κ3) is 3.12. The van der Waals surface area contributed by atoms with Gasteiger partial charge in [0.25, 0.3) is 0 Å². The number of carboxylic acids is 1. The molecule has 2 aromatic rings. The van der Waals surface area contributed by atoms with E-state index in [1.54, 1.807) is 6.07 Å². The first-order chi connectivity index (χ1) is 13.0. The van der Waals surface area contributed by atoms with E-state index in [0.717, 1.165) is 25.7 Å². The number of carbonyl (C=O) groups excluding carboxylic acids is 1. The van der Waals surface area contributed by atoms with Crippen LogP contribution in [-0.4, -0.2) is 44.3 Å². The number of anilines is 1. The van der Waals surface area contributed by atoms with Crippen molar-refractivity contribution in [3.8, 4) is 0 Å². The fraction of sp³-hybridized carbons (Fsp3) is 0.556. The number of ether oxygens (including phenoxy) is 1. The molecule has 2 atom stereocenters. The van der Waals surface area contributed by atoms with Gasteiger partial charge < -0.3 is 15.2 Å². The molecule has 27 heavy (non-hydrogen) atoms. The van der Waals surface area contributed by atoms with Crippen LogP contribution in [0.5, 0.6) is 0 Å². The number of aromatic nitrogens is 3. The number of halogens is 1. The topological polar surface area (TPSA) is 106 Å². The third-order valence-electron chi connectivity index (χ3n) is 5.79. The Kier molecular flexibility index (Phi) is 4.67. The number of hydrogen-bond acceptors (Lipinski definition) is 6. The summed E-state index contributed by atoms with van der Waals surface area (Å²) in [5, 5.41) is 16.7. The summed E-state index contributed by atoms with van der Waals surface area (Å²) in [6.45, 7) is 2.16. The van der Waals surface area contributed by atoms with Gasteiger partial charge >= 0.3 is 11.9 Å². The number of carboxylic acid groups (broad SMARTS) is 1. The highest BCUT2D eigenvalue weighted by molar-refractivity contribution is 6.28. The highest BCUT2D eigenvalue weighted by Crippen LogP contribution is 2.47. The molecule has 3 fully saturated rings. The molecular formula is C18H21ClN4O4. The van der Waals surface area contributed by atoms with Crippen LogP contribution in [-0.2, 0) is 9.53 Å². The molecule has 2 N–H and O–H groups in total. The number of hydrogen-bond donors (Lipinski definition) is 2. The maximum atomic E-state index is 12.6. The summed E-state index contributed by atoms with van der Waals surface area (Å²) in [5.74, 6) is -0.443. The van der Waals surface area contributed by atoms with Crippen molar-refractivity contribution in [3.05, 3.63) is 23.1 Å². The van der Waals surface area contributed by atoms with E-state index in [1.807, 2.05) is 6.92 Å². The lowest BCUT2D eigenvalue weighted by molar-refractivity contribution is -0.154. The van der Waals surface area contributed by atoms with E-state index in [4.69, 9.17) is 16.3 Å². The van der Waals surface area contributed by atoms with Gasteiger partial charge in [-0.05, 0) is 68.2 Å². The van der Waals surface area contributed by atoms with E-state index in [0.29, 0.717) is 29.8 Å². The highest BCUT2D eigenvalue weighted by Gasteiger charge is 2.48. The molecule has 2 bridgehead atoms. The summed E-state index contributed by atoms with van der Waals surface area (Å²) >= 11 is 6.04. The Balaban J connectivity index is 1.71. The zero-order valence-electron chi connectivity index (χ0n) is 14.9. The Morgan fingerprint density at radius 1 is 1.30 bits per heavy atom. The van der Waals surface area contributed by atoms with Crippen LogP contribution in [0.15, 0.2) is 12.1 Å². The molecule has 0 saturated heterocycles. The van der Waals surface area contributed by atoms with E-state index in [1.165, 1.54) is 10.6 Å². The predicted octanol–water partition coefficient (Wildman–Crippen LogP) is 2.86. The van der Waals surface area contributed by atoms with Crippen LogP contribution in [0.25, 0.3) is 5.52 Å². The summed E-state index contributed by atoms with van der Waals surface area (Å²) in [7, 11) is 0. The van der Waals surface area contributed by atoms with Crippen molar-refractivity contribution < 1.29 is 19.4 Å². The molecular weight excluding hydrogens is 372 g/mol. The number of fused-ring (bicyclic) bond motifs is 4. The Hall–Kier alpha value is -2.35. The molecule has 3 aliphatic carbocycles. The van der Waals surface area contributed by atoms with Gasteiger partial charge in [-0.2, -0.15) is 4.98 Å². The molecule has 0 radical (unpaired) electrons. The molecule has 0 aromatic carbocycles. The minimum Gasteiger partial charge on any atom is -0.477 e. The maximum absolute atomic E-state index is 12.6. The summed E-state index contributed by atoms with van der Waals surface area (Å²) in [6, 6.07) is 2.99. The minimum atomic E-state index is -1.10.